The molecular formula is C12H11Br2ClN2S. The molecule has 0 aliphatic carbocycles. The van der Waals surface area contributed by atoms with Crippen LogP contribution in [0.3, 0.4) is 0 Å². The first-order valence-electron chi connectivity index (χ1n) is 5.25. The number of nitrogens with two attached hydrogens (primary N) is 1. The zero-order valence-corrected chi connectivity index (χ0v) is 14.0. The predicted octanol–water partition coefficient (Wildman–Crippen LogP) is 4.67. The number of thiophene rings is 1. The molecule has 1 aromatic carbocycles. The number of nitrogens with one attached hydrogen (secondary N) is 1. The predicted molar refractivity (Wildman–Crippen MR) is 84.9 cm³/mol. The Morgan fingerprint density at radius 3 is 2.67 bits per heavy atom. The number of rotatable bonds is 4. The van der Waals surface area contributed by atoms with Gasteiger partial charge in [0.05, 0.1) is 13.6 Å². The van der Waals surface area contributed by atoms with Crippen LogP contribution in [0.4, 0.5) is 0 Å². The highest BCUT2D eigenvalue weighted by molar-refractivity contribution is 9.12. The molecule has 0 bridgehead atoms. The fraction of sp³-hybridized carbons (Fsp3) is 0.167. The van der Waals surface area contributed by atoms with Crippen molar-refractivity contribution in [3.05, 3.63) is 54.1 Å². The normalized spacial score (nSPS) is 12.7. The van der Waals surface area contributed by atoms with Crippen LogP contribution in [-0.2, 0) is 6.42 Å². The van der Waals surface area contributed by atoms with Gasteiger partial charge in [0.1, 0.15) is 0 Å². The van der Waals surface area contributed by atoms with Crippen molar-refractivity contribution in [2.45, 2.75) is 12.5 Å². The Hall–Kier alpha value is 0.0900. The average Bonchev–Trinajstić information content (AvgIpc) is 2.65. The molecule has 1 heterocycles. The Morgan fingerprint density at radius 1 is 1.33 bits per heavy atom. The highest BCUT2D eigenvalue weighted by atomic mass is 79.9. The van der Waals surface area contributed by atoms with Crippen molar-refractivity contribution >= 4 is 54.8 Å². The third-order valence-corrected chi connectivity index (χ3v) is 5.21. The summed E-state index contributed by atoms with van der Waals surface area (Å²) in [5.74, 6) is 5.65. The zero-order chi connectivity index (χ0) is 13.1. The molecule has 1 aromatic heterocycles. The molecule has 2 rings (SSSR count). The van der Waals surface area contributed by atoms with Gasteiger partial charge in [-0.15, -0.1) is 11.3 Å². The first-order valence-corrected chi connectivity index (χ1v) is 8.03. The topological polar surface area (TPSA) is 38.0 Å². The highest BCUT2D eigenvalue weighted by Gasteiger charge is 2.16. The minimum atomic E-state index is 0.0559. The maximum absolute atomic E-state index is 5.99. The maximum atomic E-state index is 5.99. The van der Waals surface area contributed by atoms with Gasteiger partial charge in [-0.3, -0.25) is 11.3 Å². The minimum Gasteiger partial charge on any atom is -0.271 e. The summed E-state index contributed by atoms with van der Waals surface area (Å²) >= 11 is 14.7. The van der Waals surface area contributed by atoms with Crippen molar-refractivity contribution in [3.63, 3.8) is 0 Å². The molecule has 1 atom stereocenters. The lowest BCUT2D eigenvalue weighted by molar-refractivity contribution is 0.552. The van der Waals surface area contributed by atoms with Gasteiger partial charge in [-0.2, -0.15) is 0 Å². The molecule has 18 heavy (non-hydrogen) atoms. The molecule has 0 aliphatic rings. The fourth-order valence-corrected chi connectivity index (χ4v) is 4.94. The van der Waals surface area contributed by atoms with E-state index in [9.17, 15) is 0 Å². The van der Waals surface area contributed by atoms with E-state index < -0.39 is 0 Å². The van der Waals surface area contributed by atoms with E-state index in [1.807, 2.05) is 24.3 Å². The van der Waals surface area contributed by atoms with E-state index in [1.165, 1.54) is 0 Å². The van der Waals surface area contributed by atoms with Gasteiger partial charge in [-0.1, -0.05) is 23.7 Å². The van der Waals surface area contributed by atoms with E-state index in [1.54, 1.807) is 11.3 Å². The molecule has 0 amide bonds. The molecule has 2 nitrogen and oxygen atoms in total. The largest absolute Gasteiger partial charge is 0.271 e. The standard InChI is InChI=1S/C12H11Br2ClN2S/c13-11-6-9(12(14)18-11)10(17-16)5-7-2-1-3-8(15)4-7/h1-4,6,10,17H,5,16H2. The molecule has 0 saturated carbocycles. The van der Waals surface area contributed by atoms with Crippen LogP contribution in [0.2, 0.25) is 5.02 Å². The van der Waals surface area contributed by atoms with Crippen LogP contribution in [0.15, 0.2) is 37.9 Å². The monoisotopic (exact) mass is 408 g/mol. The Labute approximate surface area is 132 Å². The molecular weight excluding hydrogens is 399 g/mol. The van der Waals surface area contributed by atoms with Gasteiger partial charge in [0.2, 0.25) is 0 Å². The number of benzene rings is 1. The number of halogens is 3. The van der Waals surface area contributed by atoms with Crippen LogP contribution in [0.1, 0.15) is 17.2 Å². The molecule has 0 radical (unpaired) electrons. The van der Waals surface area contributed by atoms with Gasteiger partial charge in [0, 0.05) is 5.02 Å². The van der Waals surface area contributed by atoms with Crippen molar-refractivity contribution < 1.29 is 0 Å². The average molecular weight is 411 g/mol. The smallest absolute Gasteiger partial charge is 0.0758 e. The third-order valence-electron chi connectivity index (χ3n) is 2.59. The van der Waals surface area contributed by atoms with E-state index >= 15 is 0 Å². The van der Waals surface area contributed by atoms with E-state index in [0.29, 0.717) is 0 Å². The number of hydrazine groups is 1. The number of hydrogen-bond donors (Lipinski definition) is 2. The van der Waals surface area contributed by atoms with Crippen LogP contribution >= 0.6 is 54.8 Å². The van der Waals surface area contributed by atoms with E-state index in [4.69, 9.17) is 17.4 Å². The van der Waals surface area contributed by atoms with Crippen LogP contribution in [-0.4, -0.2) is 0 Å². The number of hydrogen-bond acceptors (Lipinski definition) is 3. The quantitative estimate of drug-likeness (QED) is 0.568. The second-order valence-corrected chi connectivity index (χ2v) is 8.02. The fourth-order valence-electron chi connectivity index (χ4n) is 1.75. The lowest BCUT2D eigenvalue weighted by atomic mass is 10.0. The van der Waals surface area contributed by atoms with Gasteiger partial charge in [-0.25, -0.2) is 0 Å². The third kappa shape index (κ3) is 3.56. The van der Waals surface area contributed by atoms with Gasteiger partial charge in [0.15, 0.2) is 0 Å². The summed E-state index contributed by atoms with van der Waals surface area (Å²) in [6.07, 6.45) is 0.791. The van der Waals surface area contributed by atoms with Crippen molar-refractivity contribution in [3.8, 4) is 0 Å². The van der Waals surface area contributed by atoms with Crippen molar-refractivity contribution in [1.29, 1.82) is 0 Å². The summed E-state index contributed by atoms with van der Waals surface area (Å²) < 4.78 is 2.16. The summed E-state index contributed by atoms with van der Waals surface area (Å²) in [5.41, 5.74) is 5.15. The molecule has 0 saturated heterocycles. The Kier molecular flexibility index (Phi) is 5.24. The van der Waals surface area contributed by atoms with Gasteiger partial charge in [-0.05, 0) is 67.6 Å². The SMILES string of the molecule is NNC(Cc1cccc(Cl)c1)c1cc(Br)sc1Br. The van der Waals surface area contributed by atoms with Crippen LogP contribution < -0.4 is 11.3 Å². The molecule has 0 spiro atoms. The summed E-state index contributed by atoms with van der Waals surface area (Å²) in [4.78, 5) is 0. The van der Waals surface area contributed by atoms with Crippen LogP contribution in [0, 0.1) is 0 Å². The molecule has 96 valence electrons. The summed E-state index contributed by atoms with van der Waals surface area (Å²) in [6, 6.07) is 9.95. The minimum absolute atomic E-state index is 0.0559. The Balaban J connectivity index is 2.22. The second kappa shape index (κ2) is 6.50. The van der Waals surface area contributed by atoms with E-state index in [2.05, 4.69) is 43.4 Å². The van der Waals surface area contributed by atoms with E-state index in [-0.39, 0.29) is 6.04 Å². The summed E-state index contributed by atoms with van der Waals surface area (Å²) in [5, 5.41) is 0.744. The molecule has 2 aromatic rings. The van der Waals surface area contributed by atoms with Crippen molar-refractivity contribution in [2.24, 2.45) is 5.84 Å². The van der Waals surface area contributed by atoms with Gasteiger partial charge >= 0.3 is 0 Å². The molecule has 1 unspecified atom stereocenters. The first-order chi connectivity index (χ1) is 8.60. The highest BCUT2D eigenvalue weighted by Crippen LogP contribution is 2.36. The van der Waals surface area contributed by atoms with Crippen LogP contribution in [0.25, 0.3) is 0 Å². The Bertz CT molecular complexity index is 545. The molecule has 6 heteroatoms. The van der Waals surface area contributed by atoms with Crippen molar-refractivity contribution in [2.75, 3.05) is 0 Å². The maximum Gasteiger partial charge on any atom is 0.0758 e. The van der Waals surface area contributed by atoms with Gasteiger partial charge in [0.25, 0.3) is 0 Å². The van der Waals surface area contributed by atoms with Crippen molar-refractivity contribution in [1.82, 2.24) is 5.43 Å². The molecule has 0 fully saturated rings. The lowest BCUT2D eigenvalue weighted by Gasteiger charge is -2.15. The van der Waals surface area contributed by atoms with Crippen LogP contribution in [0.5, 0.6) is 0 Å². The molecule has 0 aliphatic heterocycles. The Morgan fingerprint density at radius 2 is 2.11 bits per heavy atom. The first kappa shape index (κ1) is 14.5. The van der Waals surface area contributed by atoms with E-state index in [0.717, 1.165) is 30.1 Å². The second-order valence-electron chi connectivity index (χ2n) is 3.83. The summed E-state index contributed by atoms with van der Waals surface area (Å²) in [6.45, 7) is 0. The zero-order valence-electron chi connectivity index (χ0n) is 9.29. The summed E-state index contributed by atoms with van der Waals surface area (Å²) in [7, 11) is 0. The van der Waals surface area contributed by atoms with Gasteiger partial charge < -0.3 is 0 Å². The molecule has 3 N–H and O–H groups in total. The lowest BCUT2D eigenvalue weighted by Crippen LogP contribution is -2.29.